The van der Waals surface area contributed by atoms with Gasteiger partial charge in [-0.05, 0) is 58.9 Å². The summed E-state index contributed by atoms with van der Waals surface area (Å²) in [4.78, 5) is 12.4. The zero-order chi connectivity index (χ0) is 22.3. The summed E-state index contributed by atoms with van der Waals surface area (Å²) < 4.78 is 40.0. The van der Waals surface area contributed by atoms with Crippen LogP contribution in [0.3, 0.4) is 0 Å². The van der Waals surface area contributed by atoms with Gasteiger partial charge in [-0.1, -0.05) is 5.16 Å². The molecule has 10 heteroatoms. The number of nitrogens with one attached hydrogen (secondary N) is 1. The number of aromatic nitrogens is 3. The van der Waals surface area contributed by atoms with Crippen LogP contribution >= 0.6 is 0 Å². The lowest BCUT2D eigenvalue weighted by molar-refractivity contribution is 0.392. The first kappa shape index (κ1) is 21.7. The maximum Gasteiger partial charge on any atom is 0.271 e. The average Bonchev–Trinajstić information content (AvgIpc) is 2.98. The summed E-state index contributed by atoms with van der Waals surface area (Å²) in [5, 5.41) is 8.27. The predicted octanol–water partition coefficient (Wildman–Crippen LogP) is 2.59. The SMILES string of the molecule is COc1ccc(-c2ccc(=O)n(-c3c(C)noc3C)n2)cc1S(=O)(=O)NC(C)(C)C. The van der Waals surface area contributed by atoms with Crippen LogP contribution < -0.4 is 15.0 Å². The minimum absolute atomic E-state index is 0.0192. The van der Waals surface area contributed by atoms with E-state index >= 15 is 0 Å². The van der Waals surface area contributed by atoms with Gasteiger partial charge in [0, 0.05) is 17.2 Å². The monoisotopic (exact) mass is 432 g/mol. The van der Waals surface area contributed by atoms with Crippen LogP contribution in [-0.4, -0.2) is 36.0 Å². The topological polar surface area (TPSA) is 116 Å². The lowest BCUT2D eigenvalue weighted by atomic mass is 10.1. The van der Waals surface area contributed by atoms with Gasteiger partial charge >= 0.3 is 0 Å². The minimum atomic E-state index is -3.86. The molecule has 2 aromatic heterocycles. The van der Waals surface area contributed by atoms with E-state index in [4.69, 9.17) is 9.26 Å². The first-order chi connectivity index (χ1) is 13.9. The number of hydrogen-bond donors (Lipinski definition) is 1. The zero-order valence-corrected chi connectivity index (χ0v) is 18.5. The molecule has 160 valence electrons. The van der Waals surface area contributed by atoms with Crippen LogP contribution in [0.5, 0.6) is 5.75 Å². The molecule has 9 nitrogen and oxygen atoms in total. The van der Waals surface area contributed by atoms with Gasteiger partial charge < -0.3 is 9.26 Å². The van der Waals surface area contributed by atoms with Gasteiger partial charge in [-0.3, -0.25) is 4.79 Å². The van der Waals surface area contributed by atoms with Crippen molar-refractivity contribution >= 4 is 10.0 Å². The number of hydrogen-bond acceptors (Lipinski definition) is 7. The highest BCUT2D eigenvalue weighted by molar-refractivity contribution is 7.89. The fourth-order valence-corrected chi connectivity index (χ4v) is 4.62. The highest BCUT2D eigenvalue weighted by Gasteiger charge is 2.26. The van der Waals surface area contributed by atoms with Gasteiger partial charge in [-0.15, -0.1) is 0 Å². The van der Waals surface area contributed by atoms with Crippen molar-refractivity contribution < 1.29 is 17.7 Å². The molecular weight excluding hydrogens is 408 g/mol. The molecule has 1 N–H and O–H groups in total. The van der Waals surface area contributed by atoms with Crippen LogP contribution in [0, 0.1) is 13.8 Å². The summed E-state index contributed by atoms with van der Waals surface area (Å²) in [6.07, 6.45) is 0. The Kier molecular flexibility index (Phi) is 5.57. The van der Waals surface area contributed by atoms with Crippen LogP contribution in [0.15, 0.2) is 44.5 Å². The van der Waals surface area contributed by atoms with Crippen molar-refractivity contribution in [1.82, 2.24) is 19.7 Å². The van der Waals surface area contributed by atoms with Crippen LogP contribution in [-0.2, 0) is 10.0 Å². The van der Waals surface area contributed by atoms with Crippen molar-refractivity contribution in [3.05, 3.63) is 52.1 Å². The fraction of sp³-hybridized carbons (Fsp3) is 0.350. The van der Waals surface area contributed by atoms with Crippen LogP contribution in [0.25, 0.3) is 16.9 Å². The van der Waals surface area contributed by atoms with E-state index in [0.717, 1.165) is 0 Å². The van der Waals surface area contributed by atoms with Gasteiger partial charge in [0.25, 0.3) is 5.56 Å². The summed E-state index contributed by atoms with van der Waals surface area (Å²) in [5.74, 6) is 0.654. The Labute approximate surface area is 174 Å². The molecule has 0 aliphatic carbocycles. The molecule has 30 heavy (non-hydrogen) atoms. The lowest BCUT2D eigenvalue weighted by Crippen LogP contribution is -2.40. The molecular formula is C20H24N4O5S. The van der Waals surface area contributed by atoms with E-state index in [2.05, 4.69) is 15.0 Å². The van der Waals surface area contributed by atoms with E-state index in [9.17, 15) is 13.2 Å². The van der Waals surface area contributed by atoms with Crippen molar-refractivity contribution in [3.63, 3.8) is 0 Å². The number of aryl methyl sites for hydroxylation is 2. The highest BCUT2D eigenvalue weighted by atomic mass is 32.2. The molecule has 0 atom stereocenters. The molecule has 0 saturated heterocycles. The zero-order valence-electron chi connectivity index (χ0n) is 17.7. The number of sulfonamides is 1. The second-order valence-electron chi connectivity index (χ2n) is 7.86. The van der Waals surface area contributed by atoms with E-state index in [1.807, 2.05) is 0 Å². The largest absolute Gasteiger partial charge is 0.495 e. The molecule has 0 unspecified atom stereocenters. The Hall–Kier alpha value is -2.98. The third-order valence-corrected chi connectivity index (χ3v) is 5.98. The summed E-state index contributed by atoms with van der Waals surface area (Å²) in [7, 11) is -2.46. The molecule has 0 aliphatic heterocycles. The number of ether oxygens (including phenoxy) is 1. The van der Waals surface area contributed by atoms with Crippen molar-refractivity contribution in [3.8, 4) is 22.7 Å². The Balaban J connectivity index is 2.16. The average molecular weight is 433 g/mol. The molecule has 0 radical (unpaired) electrons. The van der Waals surface area contributed by atoms with Crippen molar-refractivity contribution in [1.29, 1.82) is 0 Å². The second-order valence-corrected chi connectivity index (χ2v) is 9.51. The molecule has 3 aromatic rings. The van der Waals surface area contributed by atoms with E-state index in [-0.39, 0.29) is 16.2 Å². The summed E-state index contributed by atoms with van der Waals surface area (Å²) in [6.45, 7) is 8.65. The molecule has 3 rings (SSSR count). The standard InChI is InChI=1S/C20H24N4O5S/c1-12-19(13(2)29-22-12)24-18(25)10-8-15(21-24)14-7-9-16(28-6)17(11-14)30(26,27)23-20(3,4)5/h7-11,23H,1-6H3. The summed E-state index contributed by atoms with van der Waals surface area (Å²) in [6, 6.07) is 7.60. The summed E-state index contributed by atoms with van der Waals surface area (Å²) >= 11 is 0. The van der Waals surface area contributed by atoms with Crippen LogP contribution in [0.4, 0.5) is 0 Å². The Bertz CT molecular complexity index is 1230. The smallest absolute Gasteiger partial charge is 0.271 e. The van der Waals surface area contributed by atoms with Crippen molar-refractivity contribution in [2.75, 3.05) is 7.11 Å². The molecule has 2 heterocycles. The second kappa shape index (κ2) is 7.69. The molecule has 0 bridgehead atoms. The quantitative estimate of drug-likeness (QED) is 0.659. The van der Waals surface area contributed by atoms with Gasteiger partial charge in [0.2, 0.25) is 10.0 Å². The van der Waals surface area contributed by atoms with Gasteiger partial charge in [0.05, 0.1) is 12.8 Å². The Morgan fingerprint density at radius 1 is 1.13 bits per heavy atom. The van der Waals surface area contributed by atoms with Crippen LogP contribution in [0.2, 0.25) is 0 Å². The Morgan fingerprint density at radius 3 is 2.40 bits per heavy atom. The first-order valence-electron chi connectivity index (χ1n) is 9.19. The van der Waals surface area contributed by atoms with Gasteiger partial charge in [0.15, 0.2) is 5.76 Å². The van der Waals surface area contributed by atoms with Crippen molar-refractivity contribution in [2.45, 2.75) is 45.1 Å². The minimum Gasteiger partial charge on any atom is -0.495 e. The lowest BCUT2D eigenvalue weighted by Gasteiger charge is -2.21. The molecule has 0 spiro atoms. The van der Waals surface area contributed by atoms with E-state index in [1.54, 1.807) is 46.8 Å². The molecule has 0 fully saturated rings. The van der Waals surface area contributed by atoms with Crippen LogP contribution in [0.1, 0.15) is 32.2 Å². The number of methoxy groups -OCH3 is 1. The van der Waals surface area contributed by atoms with Gasteiger partial charge in [-0.25, -0.2) is 13.1 Å². The maximum atomic E-state index is 12.9. The number of benzene rings is 1. The Morgan fingerprint density at radius 2 is 1.83 bits per heavy atom. The third kappa shape index (κ3) is 4.29. The molecule has 0 amide bonds. The molecule has 0 saturated carbocycles. The fourth-order valence-electron chi connectivity index (χ4n) is 3.01. The van der Waals surface area contributed by atoms with Gasteiger partial charge in [-0.2, -0.15) is 9.78 Å². The maximum absolute atomic E-state index is 12.9. The van der Waals surface area contributed by atoms with E-state index in [0.29, 0.717) is 28.4 Å². The molecule has 1 aromatic carbocycles. The van der Waals surface area contributed by atoms with Crippen molar-refractivity contribution in [2.24, 2.45) is 0 Å². The third-order valence-electron chi connectivity index (χ3n) is 4.20. The van der Waals surface area contributed by atoms with Gasteiger partial charge in [0.1, 0.15) is 22.0 Å². The summed E-state index contributed by atoms with van der Waals surface area (Å²) in [5.41, 5.74) is 0.859. The normalized spacial score (nSPS) is 12.2. The van der Waals surface area contributed by atoms with E-state index < -0.39 is 15.6 Å². The molecule has 0 aliphatic rings. The highest BCUT2D eigenvalue weighted by Crippen LogP contribution is 2.30. The first-order valence-corrected chi connectivity index (χ1v) is 10.7. The number of rotatable bonds is 5. The van der Waals surface area contributed by atoms with E-state index in [1.165, 1.54) is 30.0 Å². The number of nitrogens with zero attached hydrogens (tertiary/aromatic N) is 3. The predicted molar refractivity (Wildman–Crippen MR) is 111 cm³/mol.